The fourth-order valence-corrected chi connectivity index (χ4v) is 2.57. The van der Waals surface area contributed by atoms with Gasteiger partial charge in [-0.2, -0.15) is 11.3 Å². The zero-order valence-electron chi connectivity index (χ0n) is 12.1. The molecule has 1 N–H and O–H groups in total. The summed E-state index contributed by atoms with van der Waals surface area (Å²) in [5.74, 6) is 0.886. The molecule has 0 aliphatic carbocycles. The van der Waals surface area contributed by atoms with E-state index in [1.807, 2.05) is 18.2 Å². The quantitative estimate of drug-likeness (QED) is 0.851. The molecule has 0 bridgehead atoms. The molecule has 1 heterocycles. The van der Waals surface area contributed by atoms with Crippen molar-refractivity contribution in [2.24, 2.45) is 0 Å². The van der Waals surface area contributed by atoms with Gasteiger partial charge in [0, 0.05) is 22.7 Å². The Morgan fingerprint density at radius 1 is 1.25 bits per heavy atom. The molecule has 1 aromatic carbocycles. The normalized spacial score (nSPS) is 11.6. The minimum absolute atomic E-state index is 0.0624. The predicted octanol–water partition coefficient (Wildman–Crippen LogP) is 4.87. The maximum atomic E-state index is 6.08. The van der Waals surface area contributed by atoms with Gasteiger partial charge in [0.15, 0.2) is 0 Å². The third-order valence-electron chi connectivity index (χ3n) is 2.81. The monoisotopic (exact) mass is 309 g/mol. The van der Waals surface area contributed by atoms with Gasteiger partial charge in [-0.05, 0) is 61.4 Å². The molecule has 1 aromatic heterocycles. The van der Waals surface area contributed by atoms with Crippen LogP contribution in [0.1, 0.15) is 31.9 Å². The maximum Gasteiger partial charge on any atom is 0.124 e. The molecule has 0 aliphatic rings. The van der Waals surface area contributed by atoms with E-state index in [9.17, 15) is 0 Å². The van der Waals surface area contributed by atoms with E-state index in [4.69, 9.17) is 16.3 Å². The van der Waals surface area contributed by atoms with Crippen molar-refractivity contribution in [3.8, 4) is 5.75 Å². The molecule has 0 spiro atoms. The van der Waals surface area contributed by atoms with E-state index in [0.29, 0.717) is 6.61 Å². The summed E-state index contributed by atoms with van der Waals surface area (Å²) in [5, 5.41) is 8.36. The molecule has 2 aromatic rings. The average Bonchev–Trinajstić information content (AvgIpc) is 2.87. The molecule has 0 saturated heterocycles. The lowest BCUT2D eigenvalue weighted by Crippen LogP contribution is -2.35. The number of benzene rings is 1. The minimum Gasteiger partial charge on any atom is -0.489 e. The smallest absolute Gasteiger partial charge is 0.124 e. The molecule has 0 unspecified atom stereocenters. The van der Waals surface area contributed by atoms with Crippen LogP contribution in [0, 0.1) is 0 Å². The fraction of sp³-hybridized carbons (Fsp3) is 0.375. The molecule has 0 atom stereocenters. The zero-order chi connectivity index (χ0) is 14.6. The Bertz CT molecular complexity index is 546. The predicted molar refractivity (Wildman–Crippen MR) is 86.7 cm³/mol. The molecule has 0 aliphatic heterocycles. The minimum atomic E-state index is 0.0624. The van der Waals surface area contributed by atoms with Crippen molar-refractivity contribution in [2.45, 2.75) is 39.5 Å². The van der Waals surface area contributed by atoms with Crippen molar-refractivity contribution >= 4 is 22.9 Å². The molecule has 20 heavy (non-hydrogen) atoms. The fourth-order valence-electron chi connectivity index (χ4n) is 1.72. The SMILES string of the molecule is CC(C)(C)NCc1cc(Cl)ccc1OCc1ccsc1. The van der Waals surface area contributed by atoms with Gasteiger partial charge < -0.3 is 10.1 Å². The van der Waals surface area contributed by atoms with Crippen LogP contribution in [0.2, 0.25) is 5.02 Å². The summed E-state index contributed by atoms with van der Waals surface area (Å²) in [6.07, 6.45) is 0. The first-order valence-electron chi connectivity index (χ1n) is 6.61. The van der Waals surface area contributed by atoms with E-state index in [1.54, 1.807) is 11.3 Å². The number of hydrogen-bond acceptors (Lipinski definition) is 3. The van der Waals surface area contributed by atoms with Crippen LogP contribution in [0.5, 0.6) is 5.75 Å². The number of thiophene rings is 1. The molecule has 0 saturated carbocycles. The molecule has 108 valence electrons. The van der Waals surface area contributed by atoms with Crippen LogP contribution >= 0.6 is 22.9 Å². The van der Waals surface area contributed by atoms with Gasteiger partial charge in [-0.3, -0.25) is 0 Å². The first kappa shape index (κ1) is 15.4. The Morgan fingerprint density at radius 2 is 2.05 bits per heavy atom. The van der Waals surface area contributed by atoms with Crippen molar-refractivity contribution < 1.29 is 4.74 Å². The van der Waals surface area contributed by atoms with Crippen molar-refractivity contribution in [3.63, 3.8) is 0 Å². The van der Waals surface area contributed by atoms with Crippen LogP contribution in [0.3, 0.4) is 0 Å². The lowest BCUT2D eigenvalue weighted by atomic mass is 10.1. The number of halogens is 1. The lowest BCUT2D eigenvalue weighted by Gasteiger charge is -2.21. The highest BCUT2D eigenvalue weighted by Gasteiger charge is 2.11. The van der Waals surface area contributed by atoms with Gasteiger partial charge in [0.05, 0.1) is 0 Å². The highest BCUT2D eigenvalue weighted by atomic mass is 35.5. The van der Waals surface area contributed by atoms with E-state index in [0.717, 1.165) is 22.9 Å². The highest BCUT2D eigenvalue weighted by molar-refractivity contribution is 7.07. The van der Waals surface area contributed by atoms with Crippen LogP contribution in [-0.4, -0.2) is 5.54 Å². The van der Waals surface area contributed by atoms with Gasteiger partial charge in [0.1, 0.15) is 12.4 Å². The Hall–Kier alpha value is -1.03. The van der Waals surface area contributed by atoms with E-state index >= 15 is 0 Å². The Balaban J connectivity index is 2.07. The largest absolute Gasteiger partial charge is 0.489 e. The molecule has 0 radical (unpaired) electrons. The van der Waals surface area contributed by atoms with Crippen LogP contribution < -0.4 is 10.1 Å². The van der Waals surface area contributed by atoms with Crippen LogP contribution in [0.15, 0.2) is 35.0 Å². The number of ether oxygens (including phenoxy) is 1. The molecule has 2 rings (SSSR count). The van der Waals surface area contributed by atoms with Crippen LogP contribution in [0.25, 0.3) is 0 Å². The van der Waals surface area contributed by atoms with Crippen LogP contribution in [-0.2, 0) is 13.2 Å². The lowest BCUT2D eigenvalue weighted by molar-refractivity contribution is 0.300. The van der Waals surface area contributed by atoms with Gasteiger partial charge in [0.2, 0.25) is 0 Å². The Kier molecular flexibility index (Phi) is 5.08. The van der Waals surface area contributed by atoms with Gasteiger partial charge in [-0.25, -0.2) is 0 Å². The number of rotatable bonds is 5. The molecular formula is C16H20ClNOS. The third-order valence-corrected chi connectivity index (χ3v) is 3.77. The first-order valence-corrected chi connectivity index (χ1v) is 7.93. The summed E-state index contributed by atoms with van der Waals surface area (Å²) >= 11 is 7.77. The zero-order valence-corrected chi connectivity index (χ0v) is 13.6. The second-order valence-corrected chi connectivity index (χ2v) is 6.99. The average molecular weight is 310 g/mol. The maximum absolute atomic E-state index is 6.08. The van der Waals surface area contributed by atoms with Crippen molar-refractivity contribution in [1.82, 2.24) is 5.32 Å². The number of nitrogens with one attached hydrogen (secondary N) is 1. The Labute approximate surface area is 129 Å². The molecule has 4 heteroatoms. The van der Waals surface area contributed by atoms with Gasteiger partial charge in [-0.1, -0.05) is 11.6 Å². The molecule has 0 fully saturated rings. The van der Waals surface area contributed by atoms with Crippen molar-refractivity contribution in [1.29, 1.82) is 0 Å². The summed E-state index contributed by atoms with van der Waals surface area (Å²) in [6, 6.07) is 7.84. The topological polar surface area (TPSA) is 21.3 Å². The molecular weight excluding hydrogens is 290 g/mol. The summed E-state index contributed by atoms with van der Waals surface area (Å²) in [5.41, 5.74) is 2.34. The second-order valence-electron chi connectivity index (χ2n) is 5.78. The molecule has 2 nitrogen and oxygen atoms in total. The first-order chi connectivity index (χ1) is 9.44. The summed E-state index contributed by atoms with van der Waals surface area (Å²) < 4.78 is 5.91. The van der Waals surface area contributed by atoms with Crippen molar-refractivity contribution in [2.75, 3.05) is 0 Å². The third kappa shape index (κ3) is 4.82. The molecule has 0 amide bonds. The highest BCUT2D eigenvalue weighted by Crippen LogP contribution is 2.24. The second kappa shape index (κ2) is 6.61. The standard InChI is InChI=1S/C16H20ClNOS/c1-16(2,3)18-9-13-8-14(17)4-5-15(13)19-10-12-6-7-20-11-12/h4-8,11,18H,9-10H2,1-3H3. The van der Waals surface area contributed by atoms with E-state index < -0.39 is 0 Å². The van der Waals surface area contributed by atoms with Gasteiger partial charge in [-0.15, -0.1) is 0 Å². The summed E-state index contributed by atoms with van der Waals surface area (Å²) in [6.45, 7) is 7.76. The van der Waals surface area contributed by atoms with E-state index in [2.05, 4.69) is 42.9 Å². The summed E-state index contributed by atoms with van der Waals surface area (Å²) in [4.78, 5) is 0. The van der Waals surface area contributed by atoms with Crippen LogP contribution in [0.4, 0.5) is 0 Å². The van der Waals surface area contributed by atoms with Gasteiger partial charge in [0.25, 0.3) is 0 Å². The van der Waals surface area contributed by atoms with E-state index in [-0.39, 0.29) is 5.54 Å². The number of hydrogen-bond donors (Lipinski definition) is 1. The Morgan fingerprint density at radius 3 is 2.70 bits per heavy atom. The van der Waals surface area contributed by atoms with Crippen molar-refractivity contribution in [3.05, 3.63) is 51.2 Å². The van der Waals surface area contributed by atoms with E-state index in [1.165, 1.54) is 5.56 Å². The van der Waals surface area contributed by atoms with Gasteiger partial charge >= 0.3 is 0 Å². The summed E-state index contributed by atoms with van der Waals surface area (Å²) in [7, 11) is 0.